The molecule has 0 aromatic heterocycles. The molecule has 0 unspecified atom stereocenters. The van der Waals surface area contributed by atoms with Crippen LogP contribution in [0.15, 0.2) is 29.2 Å². The molecule has 3 nitrogen and oxygen atoms in total. The quantitative estimate of drug-likeness (QED) is 0.779. The molecule has 0 saturated carbocycles. The molecular formula is C15H24N2OS. The van der Waals surface area contributed by atoms with E-state index >= 15 is 0 Å². The van der Waals surface area contributed by atoms with Gasteiger partial charge in [-0.05, 0) is 30.7 Å². The van der Waals surface area contributed by atoms with Gasteiger partial charge in [0.2, 0.25) is 5.91 Å². The molecule has 0 aliphatic carbocycles. The number of hydrogen-bond acceptors (Lipinski definition) is 3. The minimum absolute atomic E-state index is 0.174. The number of likely N-dealkylation sites (N-methyl/N-ethyl adjacent to an activating group) is 2. The molecule has 19 heavy (non-hydrogen) atoms. The van der Waals surface area contributed by atoms with Crippen molar-refractivity contribution in [3.63, 3.8) is 0 Å². The van der Waals surface area contributed by atoms with E-state index in [0.717, 1.165) is 18.0 Å². The van der Waals surface area contributed by atoms with Crippen molar-refractivity contribution in [3.8, 4) is 0 Å². The van der Waals surface area contributed by atoms with Gasteiger partial charge >= 0.3 is 0 Å². The number of benzene rings is 1. The first-order valence-electron chi connectivity index (χ1n) is 6.66. The lowest BCUT2D eigenvalue weighted by Gasteiger charge is -2.16. The molecule has 106 valence electrons. The standard InChI is InChI=1S/C15H24N2OS/c1-12(2)13-5-7-14(8-6-13)19-11-15(18)17(4)10-9-16-3/h5-8,12,16H,9-11H2,1-4H3. The third-order valence-electron chi connectivity index (χ3n) is 3.03. The molecule has 0 heterocycles. The fraction of sp³-hybridized carbons (Fsp3) is 0.533. The van der Waals surface area contributed by atoms with Gasteiger partial charge in [0.1, 0.15) is 0 Å². The van der Waals surface area contributed by atoms with E-state index in [2.05, 4.69) is 43.4 Å². The van der Waals surface area contributed by atoms with Crippen molar-refractivity contribution in [3.05, 3.63) is 29.8 Å². The summed E-state index contributed by atoms with van der Waals surface area (Å²) in [5.41, 5.74) is 1.34. The predicted octanol–water partition coefficient (Wildman–Crippen LogP) is 2.58. The van der Waals surface area contributed by atoms with Crippen molar-refractivity contribution >= 4 is 17.7 Å². The Morgan fingerprint density at radius 2 is 1.95 bits per heavy atom. The molecular weight excluding hydrogens is 256 g/mol. The van der Waals surface area contributed by atoms with E-state index in [4.69, 9.17) is 0 Å². The maximum atomic E-state index is 11.9. The summed E-state index contributed by atoms with van der Waals surface area (Å²) in [5.74, 6) is 1.22. The Kier molecular flexibility index (Phi) is 6.95. The third-order valence-corrected chi connectivity index (χ3v) is 4.03. The summed E-state index contributed by atoms with van der Waals surface area (Å²) in [7, 11) is 3.74. The summed E-state index contributed by atoms with van der Waals surface area (Å²) in [6.07, 6.45) is 0. The number of rotatable bonds is 7. The fourth-order valence-electron chi connectivity index (χ4n) is 1.61. The molecule has 0 radical (unpaired) electrons. The van der Waals surface area contributed by atoms with Crippen LogP contribution in [-0.4, -0.2) is 43.7 Å². The molecule has 1 aromatic carbocycles. The highest BCUT2D eigenvalue weighted by Crippen LogP contribution is 2.21. The van der Waals surface area contributed by atoms with E-state index in [1.807, 2.05) is 14.1 Å². The zero-order valence-corrected chi connectivity index (χ0v) is 13.1. The lowest BCUT2D eigenvalue weighted by molar-refractivity contribution is -0.127. The van der Waals surface area contributed by atoms with Gasteiger partial charge in [-0.25, -0.2) is 0 Å². The van der Waals surface area contributed by atoms with E-state index in [0.29, 0.717) is 11.7 Å². The molecule has 1 aromatic rings. The van der Waals surface area contributed by atoms with Crippen molar-refractivity contribution in [2.24, 2.45) is 0 Å². The Bertz CT molecular complexity index is 390. The maximum Gasteiger partial charge on any atom is 0.232 e. The summed E-state index contributed by atoms with van der Waals surface area (Å²) in [5, 5.41) is 3.04. The van der Waals surface area contributed by atoms with Crippen LogP contribution in [-0.2, 0) is 4.79 Å². The average molecular weight is 280 g/mol. The van der Waals surface area contributed by atoms with Gasteiger partial charge < -0.3 is 10.2 Å². The number of hydrogen-bond donors (Lipinski definition) is 1. The Morgan fingerprint density at radius 3 is 2.47 bits per heavy atom. The van der Waals surface area contributed by atoms with E-state index in [1.54, 1.807) is 16.7 Å². The van der Waals surface area contributed by atoms with Crippen LogP contribution in [0.3, 0.4) is 0 Å². The highest BCUT2D eigenvalue weighted by atomic mass is 32.2. The van der Waals surface area contributed by atoms with Crippen molar-refractivity contribution in [1.29, 1.82) is 0 Å². The predicted molar refractivity (Wildman–Crippen MR) is 82.8 cm³/mol. The second-order valence-electron chi connectivity index (χ2n) is 4.93. The summed E-state index contributed by atoms with van der Waals surface area (Å²) >= 11 is 1.60. The second kappa shape index (κ2) is 8.23. The van der Waals surface area contributed by atoms with Crippen molar-refractivity contribution in [2.75, 3.05) is 32.9 Å². The fourth-order valence-corrected chi connectivity index (χ4v) is 2.45. The number of thioether (sulfide) groups is 1. The van der Waals surface area contributed by atoms with Crippen LogP contribution in [0.5, 0.6) is 0 Å². The molecule has 0 aliphatic rings. The highest BCUT2D eigenvalue weighted by molar-refractivity contribution is 8.00. The van der Waals surface area contributed by atoms with Gasteiger partial charge in [-0.3, -0.25) is 4.79 Å². The molecule has 1 amide bonds. The second-order valence-corrected chi connectivity index (χ2v) is 5.98. The zero-order chi connectivity index (χ0) is 14.3. The first kappa shape index (κ1) is 16.1. The normalized spacial score (nSPS) is 10.8. The lowest BCUT2D eigenvalue weighted by Crippen LogP contribution is -2.33. The van der Waals surface area contributed by atoms with Gasteiger partial charge in [0.05, 0.1) is 5.75 Å². The van der Waals surface area contributed by atoms with Crippen LogP contribution >= 0.6 is 11.8 Å². The number of carbonyl (C=O) groups is 1. The van der Waals surface area contributed by atoms with Gasteiger partial charge in [-0.1, -0.05) is 26.0 Å². The van der Waals surface area contributed by atoms with Crippen LogP contribution in [0, 0.1) is 0 Å². The number of nitrogens with one attached hydrogen (secondary N) is 1. The van der Waals surface area contributed by atoms with Gasteiger partial charge in [0.25, 0.3) is 0 Å². The minimum atomic E-state index is 0.174. The molecule has 0 atom stereocenters. The summed E-state index contributed by atoms with van der Waals surface area (Å²) in [6, 6.07) is 8.48. The number of carbonyl (C=O) groups excluding carboxylic acids is 1. The zero-order valence-electron chi connectivity index (χ0n) is 12.3. The van der Waals surface area contributed by atoms with Crippen LogP contribution in [0.1, 0.15) is 25.3 Å². The SMILES string of the molecule is CNCCN(C)C(=O)CSc1ccc(C(C)C)cc1. The largest absolute Gasteiger partial charge is 0.344 e. The topological polar surface area (TPSA) is 32.3 Å². The smallest absolute Gasteiger partial charge is 0.232 e. The Hall–Kier alpha value is -1.00. The van der Waals surface area contributed by atoms with E-state index < -0.39 is 0 Å². The molecule has 0 fully saturated rings. The first-order chi connectivity index (χ1) is 9.04. The summed E-state index contributed by atoms with van der Waals surface area (Å²) in [6.45, 7) is 5.95. The van der Waals surface area contributed by atoms with Crippen LogP contribution in [0.25, 0.3) is 0 Å². The Morgan fingerprint density at radius 1 is 1.32 bits per heavy atom. The van der Waals surface area contributed by atoms with E-state index in [1.165, 1.54) is 5.56 Å². The van der Waals surface area contributed by atoms with Crippen molar-refractivity contribution in [1.82, 2.24) is 10.2 Å². The third kappa shape index (κ3) is 5.66. The number of nitrogens with zero attached hydrogens (tertiary/aromatic N) is 1. The molecule has 4 heteroatoms. The summed E-state index contributed by atoms with van der Waals surface area (Å²) in [4.78, 5) is 14.8. The molecule has 0 bridgehead atoms. The Balaban J connectivity index is 2.41. The van der Waals surface area contributed by atoms with Gasteiger partial charge in [0, 0.05) is 25.0 Å². The highest BCUT2D eigenvalue weighted by Gasteiger charge is 2.08. The van der Waals surface area contributed by atoms with Crippen molar-refractivity contribution in [2.45, 2.75) is 24.7 Å². The van der Waals surface area contributed by atoms with Gasteiger partial charge in [-0.15, -0.1) is 11.8 Å². The van der Waals surface area contributed by atoms with Crippen LogP contribution in [0.4, 0.5) is 0 Å². The van der Waals surface area contributed by atoms with Gasteiger partial charge in [-0.2, -0.15) is 0 Å². The lowest BCUT2D eigenvalue weighted by atomic mass is 10.0. The van der Waals surface area contributed by atoms with Crippen LogP contribution < -0.4 is 5.32 Å². The summed E-state index contributed by atoms with van der Waals surface area (Å²) < 4.78 is 0. The first-order valence-corrected chi connectivity index (χ1v) is 7.64. The molecule has 1 rings (SSSR count). The number of amides is 1. The monoisotopic (exact) mass is 280 g/mol. The minimum Gasteiger partial charge on any atom is -0.344 e. The van der Waals surface area contributed by atoms with E-state index in [-0.39, 0.29) is 5.91 Å². The molecule has 0 aliphatic heterocycles. The van der Waals surface area contributed by atoms with Crippen molar-refractivity contribution < 1.29 is 4.79 Å². The molecule has 0 saturated heterocycles. The molecule has 0 spiro atoms. The average Bonchev–Trinajstić information content (AvgIpc) is 2.42. The maximum absolute atomic E-state index is 11.9. The molecule has 1 N–H and O–H groups in total. The van der Waals surface area contributed by atoms with Crippen LogP contribution in [0.2, 0.25) is 0 Å². The van der Waals surface area contributed by atoms with Gasteiger partial charge in [0.15, 0.2) is 0 Å². The Labute approximate surface area is 120 Å². The van der Waals surface area contributed by atoms with E-state index in [9.17, 15) is 4.79 Å².